The molecule has 4 heteroatoms. The maximum absolute atomic E-state index is 10.5. The van der Waals surface area contributed by atoms with Crippen molar-refractivity contribution in [2.75, 3.05) is 13.6 Å². The Morgan fingerprint density at radius 3 is 2.79 bits per heavy atom. The van der Waals surface area contributed by atoms with Gasteiger partial charge in [-0.3, -0.25) is 4.68 Å². The van der Waals surface area contributed by atoms with Gasteiger partial charge in [0, 0.05) is 18.4 Å². The van der Waals surface area contributed by atoms with Crippen LogP contribution in [0.1, 0.15) is 26.0 Å². The van der Waals surface area contributed by atoms with Crippen molar-refractivity contribution in [2.24, 2.45) is 0 Å². The van der Waals surface area contributed by atoms with Crippen LogP contribution in [0.2, 0.25) is 0 Å². The molecule has 1 aromatic carbocycles. The molecule has 1 atom stereocenters. The Morgan fingerprint density at radius 2 is 2.11 bits per heavy atom. The lowest BCUT2D eigenvalue weighted by molar-refractivity contribution is 0.0512. The van der Waals surface area contributed by atoms with Crippen LogP contribution < -0.4 is 5.32 Å². The molecule has 1 unspecified atom stereocenters. The third kappa shape index (κ3) is 3.14. The van der Waals surface area contributed by atoms with Crippen LogP contribution in [0.4, 0.5) is 0 Å². The first-order valence-corrected chi connectivity index (χ1v) is 6.89. The summed E-state index contributed by atoms with van der Waals surface area (Å²) < 4.78 is 2.00. The summed E-state index contributed by atoms with van der Waals surface area (Å²) >= 11 is 0. The molecular weight excluding hydrogens is 238 g/mol. The van der Waals surface area contributed by atoms with E-state index in [4.69, 9.17) is 0 Å². The zero-order valence-corrected chi connectivity index (χ0v) is 12.0. The van der Waals surface area contributed by atoms with Crippen molar-refractivity contribution in [3.05, 3.63) is 30.0 Å². The lowest BCUT2D eigenvalue weighted by atomic mass is 9.95. The van der Waals surface area contributed by atoms with Gasteiger partial charge in [-0.05, 0) is 39.9 Å². The first-order valence-electron chi connectivity index (χ1n) is 6.89. The molecule has 104 valence electrons. The maximum Gasteiger partial charge on any atom is 0.0731 e. The number of aliphatic hydroxyl groups is 1. The SMILES string of the molecule is CCn1nc(CC(C)(O)CCNC)c2ccccc21. The minimum absolute atomic E-state index is 0.586. The molecule has 2 N–H and O–H groups in total. The molecule has 1 heterocycles. The van der Waals surface area contributed by atoms with Gasteiger partial charge in [-0.15, -0.1) is 0 Å². The van der Waals surface area contributed by atoms with Gasteiger partial charge in [-0.25, -0.2) is 0 Å². The first kappa shape index (κ1) is 14.0. The summed E-state index contributed by atoms with van der Waals surface area (Å²) in [5, 5.41) is 19.3. The molecule has 0 bridgehead atoms. The number of para-hydroxylation sites is 1. The predicted octanol–water partition coefficient (Wildman–Crippen LogP) is 1.96. The summed E-state index contributed by atoms with van der Waals surface area (Å²) in [6, 6.07) is 8.21. The molecule has 19 heavy (non-hydrogen) atoms. The molecule has 0 aliphatic rings. The highest BCUT2D eigenvalue weighted by atomic mass is 16.3. The Bertz CT molecular complexity index is 545. The summed E-state index contributed by atoms with van der Waals surface area (Å²) in [5.74, 6) is 0. The molecule has 4 nitrogen and oxygen atoms in total. The lowest BCUT2D eigenvalue weighted by Crippen LogP contribution is -2.31. The van der Waals surface area contributed by atoms with E-state index in [9.17, 15) is 5.11 Å². The molecule has 0 amide bonds. The van der Waals surface area contributed by atoms with Gasteiger partial charge in [0.05, 0.1) is 16.8 Å². The Morgan fingerprint density at radius 1 is 1.37 bits per heavy atom. The Balaban J connectivity index is 2.30. The normalized spacial score (nSPS) is 14.7. The van der Waals surface area contributed by atoms with Gasteiger partial charge in [0.1, 0.15) is 0 Å². The van der Waals surface area contributed by atoms with Crippen LogP contribution in [0.3, 0.4) is 0 Å². The smallest absolute Gasteiger partial charge is 0.0731 e. The summed E-state index contributed by atoms with van der Waals surface area (Å²) in [6.45, 7) is 5.62. The van der Waals surface area contributed by atoms with Gasteiger partial charge in [0.25, 0.3) is 0 Å². The third-order valence-electron chi connectivity index (χ3n) is 3.50. The molecule has 2 aromatic rings. The van der Waals surface area contributed by atoms with Crippen molar-refractivity contribution in [2.45, 2.75) is 38.8 Å². The lowest BCUT2D eigenvalue weighted by Gasteiger charge is -2.22. The second kappa shape index (κ2) is 5.72. The zero-order valence-electron chi connectivity index (χ0n) is 12.0. The Kier molecular flexibility index (Phi) is 4.22. The molecule has 0 saturated heterocycles. The van der Waals surface area contributed by atoms with Crippen LogP contribution in [0.25, 0.3) is 10.9 Å². The molecule has 0 radical (unpaired) electrons. The van der Waals surface area contributed by atoms with E-state index in [0.717, 1.165) is 36.1 Å². The summed E-state index contributed by atoms with van der Waals surface area (Å²) in [6.07, 6.45) is 1.30. The second-order valence-electron chi connectivity index (χ2n) is 5.31. The van der Waals surface area contributed by atoms with Gasteiger partial charge in [0.2, 0.25) is 0 Å². The Labute approximate surface area is 114 Å². The van der Waals surface area contributed by atoms with Gasteiger partial charge in [-0.1, -0.05) is 18.2 Å². The van der Waals surface area contributed by atoms with E-state index >= 15 is 0 Å². The van der Waals surface area contributed by atoms with Crippen molar-refractivity contribution < 1.29 is 5.11 Å². The average Bonchev–Trinajstić information content (AvgIpc) is 2.74. The van der Waals surface area contributed by atoms with Crippen LogP contribution >= 0.6 is 0 Å². The summed E-state index contributed by atoms with van der Waals surface area (Å²) in [4.78, 5) is 0. The summed E-state index contributed by atoms with van der Waals surface area (Å²) in [7, 11) is 1.90. The van der Waals surface area contributed by atoms with E-state index in [1.807, 2.05) is 30.8 Å². The standard InChI is InChI=1S/C15H23N3O/c1-4-18-14-8-6-5-7-12(14)13(17-18)11-15(2,19)9-10-16-3/h5-8,16,19H,4,9-11H2,1-3H3. The predicted molar refractivity (Wildman–Crippen MR) is 78.3 cm³/mol. The van der Waals surface area contributed by atoms with Crippen molar-refractivity contribution in [3.63, 3.8) is 0 Å². The summed E-state index contributed by atoms with van der Waals surface area (Å²) in [5.41, 5.74) is 1.40. The van der Waals surface area contributed by atoms with Crippen molar-refractivity contribution in [3.8, 4) is 0 Å². The molecule has 0 fully saturated rings. The Hall–Kier alpha value is -1.39. The zero-order chi connectivity index (χ0) is 13.9. The van der Waals surface area contributed by atoms with Gasteiger partial charge in [-0.2, -0.15) is 5.10 Å². The highest BCUT2D eigenvalue weighted by Gasteiger charge is 2.23. The minimum atomic E-state index is -0.724. The van der Waals surface area contributed by atoms with Crippen LogP contribution in [0, 0.1) is 0 Å². The number of fused-ring (bicyclic) bond motifs is 1. The monoisotopic (exact) mass is 261 g/mol. The number of aromatic nitrogens is 2. The van der Waals surface area contributed by atoms with E-state index in [1.165, 1.54) is 0 Å². The van der Waals surface area contributed by atoms with Crippen molar-refractivity contribution >= 4 is 10.9 Å². The van der Waals surface area contributed by atoms with Crippen molar-refractivity contribution in [1.29, 1.82) is 0 Å². The third-order valence-corrected chi connectivity index (χ3v) is 3.50. The van der Waals surface area contributed by atoms with E-state index in [1.54, 1.807) is 0 Å². The highest BCUT2D eigenvalue weighted by Crippen LogP contribution is 2.23. The number of hydrogen-bond acceptors (Lipinski definition) is 3. The van der Waals surface area contributed by atoms with E-state index in [-0.39, 0.29) is 0 Å². The van der Waals surface area contributed by atoms with Gasteiger partial charge >= 0.3 is 0 Å². The van der Waals surface area contributed by atoms with E-state index < -0.39 is 5.60 Å². The van der Waals surface area contributed by atoms with Gasteiger partial charge in [0.15, 0.2) is 0 Å². The fourth-order valence-electron chi connectivity index (χ4n) is 2.41. The molecule has 0 saturated carbocycles. The van der Waals surface area contributed by atoms with Crippen LogP contribution in [-0.4, -0.2) is 34.1 Å². The van der Waals surface area contributed by atoms with Gasteiger partial charge < -0.3 is 10.4 Å². The maximum atomic E-state index is 10.5. The molecule has 0 aliphatic heterocycles. The van der Waals surface area contributed by atoms with E-state index in [2.05, 4.69) is 29.5 Å². The largest absolute Gasteiger partial charge is 0.390 e. The quantitative estimate of drug-likeness (QED) is 0.835. The van der Waals surface area contributed by atoms with Crippen LogP contribution in [-0.2, 0) is 13.0 Å². The fourth-order valence-corrected chi connectivity index (χ4v) is 2.41. The average molecular weight is 261 g/mol. The fraction of sp³-hybridized carbons (Fsp3) is 0.533. The number of benzene rings is 1. The second-order valence-corrected chi connectivity index (χ2v) is 5.31. The molecule has 0 aliphatic carbocycles. The molecule has 1 aromatic heterocycles. The number of aryl methyl sites for hydroxylation is 1. The van der Waals surface area contributed by atoms with Crippen molar-refractivity contribution in [1.82, 2.24) is 15.1 Å². The number of nitrogens with one attached hydrogen (secondary N) is 1. The number of hydrogen-bond donors (Lipinski definition) is 2. The molecule has 0 spiro atoms. The first-order chi connectivity index (χ1) is 9.07. The highest BCUT2D eigenvalue weighted by molar-refractivity contribution is 5.82. The molecular formula is C15H23N3O. The van der Waals surface area contributed by atoms with Crippen LogP contribution in [0.15, 0.2) is 24.3 Å². The van der Waals surface area contributed by atoms with E-state index in [0.29, 0.717) is 6.42 Å². The minimum Gasteiger partial charge on any atom is -0.390 e. The number of rotatable bonds is 6. The van der Waals surface area contributed by atoms with Crippen LogP contribution in [0.5, 0.6) is 0 Å². The number of nitrogens with zero attached hydrogens (tertiary/aromatic N) is 2. The topological polar surface area (TPSA) is 50.1 Å². The molecule has 2 rings (SSSR count).